The highest BCUT2D eigenvalue weighted by molar-refractivity contribution is 7.99. The van der Waals surface area contributed by atoms with Gasteiger partial charge in [0.25, 0.3) is 0 Å². The van der Waals surface area contributed by atoms with E-state index in [9.17, 15) is 14.4 Å². The summed E-state index contributed by atoms with van der Waals surface area (Å²) in [7, 11) is 3.20. The van der Waals surface area contributed by atoms with Gasteiger partial charge in [-0.25, -0.2) is 0 Å². The van der Waals surface area contributed by atoms with E-state index in [1.54, 1.807) is 14.2 Å². The quantitative estimate of drug-likeness (QED) is 0.409. The SMILES string of the molecule is CNC(=O)CCNC(=O)CSCCCC(=O)NCCCOC. The first kappa shape index (κ1) is 20.7. The van der Waals surface area contributed by atoms with Crippen molar-refractivity contribution in [3.8, 4) is 0 Å². The van der Waals surface area contributed by atoms with E-state index in [0.717, 1.165) is 18.6 Å². The number of carbonyl (C=O) groups is 3. The molecule has 0 aromatic heterocycles. The van der Waals surface area contributed by atoms with Gasteiger partial charge in [0.1, 0.15) is 0 Å². The van der Waals surface area contributed by atoms with E-state index in [1.165, 1.54) is 11.8 Å². The summed E-state index contributed by atoms with van der Waals surface area (Å²) in [6.07, 6.45) is 2.31. The standard InChI is InChI=1S/C14H27N3O4S/c1-15-12(18)6-8-17-14(20)11-22-10-3-5-13(19)16-7-4-9-21-2/h3-11H2,1-2H3,(H,15,18)(H,16,19)(H,17,20). The number of hydrogen-bond acceptors (Lipinski definition) is 5. The van der Waals surface area contributed by atoms with Gasteiger partial charge in [-0.2, -0.15) is 11.8 Å². The molecular weight excluding hydrogens is 306 g/mol. The van der Waals surface area contributed by atoms with Crippen molar-refractivity contribution >= 4 is 29.5 Å². The van der Waals surface area contributed by atoms with Crippen LogP contribution in [0.1, 0.15) is 25.7 Å². The predicted molar refractivity (Wildman–Crippen MR) is 87.8 cm³/mol. The lowest BCUT2D eigenvalue weighted by Crippen LogP contribution is -2.30. The van der Waals surface area contributed by atoms with Gasteiger partial charge in [-0.05, 0) is 18.6 Å². The van der Waals surface area contributed by atoms with E-state index in [-0.39, 0.29) is 24.1 Å². The van der Waals surface area contributed by atoms with Gasteiger partial charge in [0, 0.05) is 46.7 Å². The maximum absolute atomic E-state index is 11.5. The van der Waals surface area contributed by atoms with Crippen LogP contribution in [0.3, 0.4) is 0 Å². The Morgan fingerprint density at radius 2 is 1.68 bits per heavy atom. The molecule has 0 rings (SSSR count). The second-order valence-electron chi connectivity index (χ2n) is 4.63. The van der Waals surface area contributed by atoms with Gasteiger partial charge in [0.15, 0.2) is 0 Å². The predicted octanol–water partition coefficient (Wildman–Crippen LogP) is -0.0952. The fourth-order valence-corrected chi connectivity index (χ4v) is 2.30. The number of thioether (sulfide) groups is 1. The van der Waals surface area contributed by atoms with Gasteiger partial charge < -0.3 is 20.7 Å². The molecule has 0 aliphatic rings. The third kappa shape index (κ3) is 13.7. The van der Waals surface area contributed by atoms with E-state index in [1.807, 2.05) is 0 Å². The van der Waals surface area contributed by atoms with Crippen molar-refractivity contribution in [2.75, 3.05) is 45.4 Å². The Labute approximate surface area is 136 Å². The summed E-state index contributed by atoms with van der Waals surface area (Å²) in [4.78, 5) is 33.9. The Bertz CT molecular complexity index is 340. The molecule has 0 aliphatic heterocycles. The molecule has 0 aromatic rings. The Morgan fingerprint density at radius 1 is 0.955 bits per heavy atom. The molecule has 0 aliphatic carbocycles. The molecule has 7 nitrogen and oxygen atoms in total. The molecule has 0 atom stereocenters. The molecule has 0 heterocycles. The molecule has 0 saturated carbocycles. The van der Waals surface area contributed by atoms with E-state index in [0.29, 0.717) is 31.9 Å². The minimum atomic E-state index is -0.0931. The van der Waals surface area contributed by atoms with Crippen molar-refractivity contribution in [1.82, 2.24) is 16.0 Å². The monoisotopic (exact) mass is 333 g/mol. The highest BCUT2D eigenvalue weighted by Crippen LogP contribution is 2.04. The number of nitrogens with one attached hydrogen (secondary N) is 3. The molecule has 3 N–H and O–H groups in total. The zero-order chi connectivity index (χ0) is 16.6. The number of methoxy groups -OCH3 is 1. The maximum Gasteiger partial charge on any atom is 0.230 e. The molecule has 0 unspecified atom stereocenters. The number of hydrogen-bond donors (Lipinski definition) is 3. The van der Waals surface area contributed by atoms with Gasteiger partial charge in [-0.1, -0.05) is 0 Å². The van der Waals surface area contributed by atoms with Gasteiger partial charge >= 0.3 is 0 Å². The average molecular weight is 333 g/mol. The second kappa shape index (κ2) is 14.6. The van der Waals surface area contributed by atoms with Gasteiger partial charge in [0.2, 0.25) is 17.7 Å². The molecule has 128 valence electrons. The van der Waals surface area contributed by atoms with Gasteiger partial charge in [-0.3, -0.25) is 14.4 Å². The highest BCUT2D eigenvalue weighted by atomic mass is 32.2. The molecular formula is C14H27N3O4S. The van der Waals surface area contributed by atoms with Crippen LogP contribution < -0.4 is 16.0 Å². The van der Waals surface area contributed by atoms with Crippen molar-refractivity contribution in [2.45, 2.75) is 25.7 Å². The molecule has 0 fully saturated rings. The Hall–Kier alpha value is -1.28. The van der Waals surface area contributed by atoms with Crippen LogP contribution >= 0.6 is 11.8 Å². The van der Waals surface area contributed by atoms with Crippen LogP contribution in [0.25, 0.3) is 0 Å². The fourth-order valence-electron chi connectivity index (χ4n) is 1.52. The molecule has 0 radical (unpaired) electrons. The summed E-state index contributed by atoms with van der Waals surface area (Å²) >= 11 is 1.49. The van der Waals surface area contributed by atoms with Crippen LogP contribution in [0.5, 0.6) is 0 Å². The Morgan fingerprint density at radius 3 is 2.36 bits per heavy atom. The number of amides is 3. The minimum absolute atomic E-state index is 0.0340. The van der Waals surface area contributed by atoms with Crippen molar-refractivity contribution in [2.24, 2.45) is 0 Å². The van der Waals surface area contributed by atoms with Crippen LogP contribution in [-0.2, 0) is 19.1 Å². The Balaban J connectivity index is 3.39. The third-order valence-corrected chi connectivity index (χ3v) is 3.77. The third-order valence-electron chi connectivity index (χ3n) is 2.73. The lowest BCUT2D eigenvalue weighted by atomic mass is 10.3. The number of rotatable bonds is 13. The van der Waals surface area contributed by atoms with Gasteiger partial charge in [-0.15, -0.1) is 0 Å². The first-order chi connectivity index (χ1) is 10.6. The van der Waals surface area contributed by atoms with Crippen molar-refractivity contribution in [1.29, 1.82) is 0 Å². The number of ether oxygens (including phenoxy) is 1. The van der Waals surface area contributed by atoms with Crippen LogP contribution in [0.4, 0.5) is 0 Å². The van der Waals surface area contributed by atoms with Gasteiger partial charge in [0.05, 0.1) is 5.75 Å². The largest absolute Gasteiger partial charge is 0.385 e. The zero-order valence-corrected chi connectivity index (χ0v) is 14.2. The van der Waals surface area contributed by atoms with Crippen LogP contribution in [0.15, 0.2) is 0 Å². The molecule has 0 saturated heterocycles. The van der Waals surface area contributed by atoms with Crippen LogP contribution in [-0.4, -0.2) is 63.1 Å². The average Bonchev–Trinajstić information content (AvgIpc) is 2.51. The molecule has 0 aromatic carbocycles. The summed E-state index contributed by atoms with van der Waals surface area (Å²) in [6.45, 7) is 1.63. The summed E-state index contributed by atoms with van der Waals surface area (Å²) in [6, 6.07) is 0. The smallest absolute Gasteiger partial charge is 0.230 e. The van der Waals surface area contributed by atoms with Crippen molar-refractivity contribution in [3.63, 3.8) is 0 Å². The summed E-state index contributed by atoms with van der Waals surface area (Å²) in [5, 5.41) is 7.98. The topological polar surface area (TPSA) is 96.5 Å². The van der Waals surface area contributed by atoms with Crippen LogP contribution in [0.2, 0.25) is 0 Å². The summed E-state index contributed by atoms with van der Waals surface area (Å²) in [5.41, 5.74) is 0. The molecule has 0 spiro atoms. The fraction of sp³-hybridized carbons (Fsp3) is 0.786. The lowest BCUT2D eigenvalue weighted by molar-refractivity contribution is -0.122. The van der Waals surface area contributed by atoms with E-state index >= 15 is 0 Å². The van der Waals surface area contributed by atoms with E-state index < -0.39 is 0 Å². The maximum atomic E-state index is 11.5. The first-order valence-electron chi connectivity index (χ1n) is 7.40. The van der Waals surface area contributed by atoms with Crippen LogP contribution in [0, 0.1) is 0 Å². The normalized spacial score (nSPS) is 10.1. The zero-order valence-electron chi connectivity index (χ0n) is 13.4. The Kier molecular flexibility index (Phi) is 13.8. The first-order valence-corrected chi connectivity index (χ1v) is 8.56. The van der Waals surface area contributed by atoms with Crippen molar-refractivity contribution in [3.05, 3.63) is 0 Å². The number of carbonyl (C=O) groups excluding carboxylic acids is 3. The highest BCUT2D eigenvalue weighted by Gasteiger charge is 2.04. The minimum Gasteiger partial charge on any atom is -0.385 e. The molecule has 8 heteroatoms. The second-order valence-corrected chi connectivity index (χ2v) is 5.73. The lowest BCUT2D eigenvalue weighted by Gasteiger charge is -2.06. The summed E-state index contributed by atoms with van der Waals surface area (Å²) in [5.74, 6) is 0.964. The van der Waals surface area contributed by atoms with E-state index in [4.69, 9.17) is 4.74 Å². The summed E-state index contributed by atoms with van der Waals surface area (Å²) < 4.78 is 4.89. The molecule has 3 amide bonds. The van der Waals surface area contributed by atoms with E-state index in [2.05, 4.69) is 16.0 Å². The van der Waals surface area contributed by atoms with Crippen molar-refractivity contribution < 1.29 is 19.1 Å². The molecule has 0 bridgehead atoms. The molecule has 22 heavy (non-hydrogen) atoms.